The number of methoxy groups -OCH3 is 2. The molecule has 3 N–H and O–H groups in total. The number of ether oxygens (including phenoxy) is 2. The highest BCUT2D eigenvalue weighted by molar-refractivity contribution is 7.94. The van der Waals surface area contributed by atoms with E-state index in [0.717, 1.165) is 34.5 Å². The van der Waals surface area contributed by atoms with Gasteiger partial charge in [0.1, 0.15) is 16.4 Å². The number of halogens is 1. The van der Waals surface area contributed by atoms with Crippen molar-refractivity contribution in [2.75, 3.05) is 24.6 Å². The minimum Gasteiger partial charge on any atom is -0.497 e. The molecule has 0 saturated carbocycles. The molecule has 2 aromatic rings. The smallest absolute Gasteiger partial charge is 0.281 e. The molecule has 0 saturated heterocycles. The van der Waals surface area contributed by atoms with Crippen molar-refractivity contribution < 1.29 is 23.4 Å². The minimum absolute atomic E-state index is 0. The Labute approximate surface area is 158 Å². The SMILES string of the molecule is COc1ccc(OC)c(S(=O)(=O)N(Cl)c2ccc3c(c2)CCNC3)c1.O. The molecule has 7 nitrogen and oxygen atoms in total. The Hall–Kier alpha value is -2.00. The van der Waals surface area contributed by atoms with Crippen LogP contribution in [0.15, 0.2) is 41.3 Å². The Morgan fingerprint density at radius 1 is 1.08 bits per heavy atom. The van der Waals surface area contributed by atoms with Gasteiger partial charge in [0, 0.05) is 24.4 Å². The number of rotatable bonds is 5. The van der Waals surface area contributed by atoms with E-state index in [1.165, 1.54) is 26.4 Å². The number of hydrogen-bond acceptors (Lipinski definition) is 5. The van der Waals surface area contributed by atoms with Gasteiger partial charge >= 0.3 is 0 Å². The summed E-state index contributed by atoms with van der Waals surface area (Å²) in [5, 5.41) is 3.28. The van der Waals surface area contributed by atoms with Crippen LogP contribution >= 0.6 is 11.8 Å². The molecule has 0 aromatic heterocycles. The molecule has 9 heteroatoms. The van der Waals surface area contributed by atoms with Crippen LogP contribution < -0.4 is 18.6 Å². The lowest BCUT2D eigenvalue weighted by molar-refractivity contribution is 0.392. The van der Waals surface area contributed by atoms with E-state index in [-0.39, 0.29) is 16.1 Å². The Balaban J connectivity index is 0.00000243. The van der Waals surface area contributed by atoms with E-state index in [1.807, 2.05) is 12.1 Å². The zero-order valence-corrected chi connectivity index (χ0v) is 16.0. The maximum atomic E-state index is 13.0. The maximum Gasteiger partial charge on any atom is 0.281 e. The van der Waals surface area contributed by atoms with Gasteiger partial charge in [-0.1, -0.05) is 6.07 Å². The van der Waals surface area contributed by atoms with Gasteiger partial charge in [0.15, 0.2) is 0 Å². The van der Waals surface area contributed by atoms with Crippen molar-refractivity contribution in [3.63, 3.8) is 0 Å². The zero-order chi connectivity index (χ0) is 18.0. The molecular formula is C17H21ClN2O5S. The average Bonchev–Trinajstić information content (AvgIpc) is 2.66. The summed E-state index contributed by atoms with van der Waals surface area (Å²) in [4.78, 5) is -0.0521. The van der Waals surface area contributed by atoms with Gasteiger partial charge in [-0.25, -0.2) is 0 Å². The van der Waals surface area contributed by atoms with E-state index in [4.69, 9.17) is 21.3 Å². The molecule has 3 rings (SSSR count). The van der Waals surface area contributed by atoms with E-state index in [2.05, 4.69) is 5.32 Å². The number of fused-ring (bicyclic) bond motifs is 1. The molecule has 0 radical (unpaired) electrons. The monoisotopic (exact) mass is 400 g/mol. The van der Waals surface area contributed by atoms with Crippen molar-refractivity contribution in [1.82, 2.24) is 5.32 Å². The van der Waals surface area contributed by atoms with Crippen LogP contribution in [-0.2, 0) is 23.0 Å². The Bertz CT molecular complexity index is 889. The first-order valence-corrected chi connectivity index (χ1v) is 9.51. The number of nitrogens with one attached hydrogen (secondary N) is 1. The molecule has 0 fully saturated rings. The van der Waals surface area contributed by atoms with E-state index in [9.17, 15) is 8.42 Å². The van der Waals surface area contributed by atoms with Crippen LogP contribution in [0.25, 0.3) is 0 Å². The molecule has 26 heavy (non-hydrogen) atoms. The lowest BCUT2D eigenvalue weighted by Crippen LogP contribution is -2.25. The van der Waals surface area contributed by atoms with Gasteiger partial charge < -0.3 is 20.3 Å². The Morgan fingerprint density at radius 2 is 1.85 bits per heavy atom. The molecule has 0 aliphatic carbocycles. The lowest BCUT2D eigenvalue weighted by Gasteiger charge is -2.22. The van der Waals surface area contributed by atoms with Gasteiger partial charge in [0.05, 0.1) is 19.9 Å². The summed E-state index contributed by atoms with van der Waals surface area (Å²) in [6.45, 7) is 1.63. The fourth-order valence-electron chi connectivity index (χ4n) is 2.78. The number of anilines is 1. The molecule has 0 unspecified atom stereocenters. The van der Waals surface area contributed by atoms with Crippen LogP contribution in [0, 0.1) is 0 Å². The van der Waals surface area contributed by atoms with E-state index in [1.54, 1.807) is 12.1 Å². The van der Waals surface area contributed by atoms with Crippen LogP contribution in [0.1, 0.15) is 11.1 Å². The summed E-state index contributed by atoms with van der Waals surface area (Å²) in [6.07, 6.45) is 0.830. The second-order valence-electron chi connectivity index (χ2n) is 5.62. The van der Waals surface area contributed by atoms with Gasteiger partial charge in [0.25, 0.3) is 10.0 Å². The molecule has 1 aliphatic rings. The summed E-state index contributed by atoms with van der Waals surface area (Å²) >= 11 is 6.23. The molecule has 2 aromatic carbocycles. The predicted octanol–water partition coefficient (Wildman–Crippen LogP) is 1.87. The predicted molar refractivity (Wildman–Crippen MR) is 101 cm³/mol. The standard InChI is InChI=1S/C17H19ClN2O4S.H2O/c1-23-15-5-6-16(24-2)17(10-15)25(21,22)20(18)14-4-3-13-11-19-8-7-12(13)9-14;/h3-6,9-10,19H,7-8,11H2,1-2H3;1H2. The second-order valence-corrected chi connectivity index (χ2v) is 7.91. The van der Waals surface area contributed by atoms with E-state index in [0.29, 0.717) is 11.4 Å². The second kappa shape index (κ2) is 8.13. The number of hydrogen-bond donors (Lipinski definition) is 1. The highest BCUT2D eigenvalue weighted by atomic mass is 35.5. The van der Waals surface area contributed by atoms with Crippen LogP contribution in [0.2, 0.25) is 0 Å². The third-order valence-electron chi connectivity index (χ3n) is 4.14. The van der Waals surface area contributed by atoms with Gasteiger partial charge in [-0.3, -0.25) is 0 Å². The number of nitrogens with zero attached hydrogens (tertiary/aromatic N) is 1. The summed E-state index contributed by atoms with van der Waals surface area (Å²) in [7, 11) is -1.14. The van der Waals surface area contributed by atoms with Crippen molar-refractivity contribution in [2.24, 2.45) is 0 Å². The van der Waals surface area contributed by atoms with Crippen molar-refractivity contribution in [2.45, 2.75) is 17.9 Å². The van der Waals surface area contributed by atoms with Gasteiger partial charge in [-0.2, -0.15) is 12.2 Å². The van der Waals surface area contributed by atoms with Gasteiger partial charge in [-0.15, -0.1) is 0 Å². The van der Waals surface area contributed by atoms with E-state index >= 15 is 0 Å². The van der Waals surface area contributed by atoms with Gasteiger partial charge in [0.2, 0.25) is 0 Å². The minimum atomic E-state index is -4.02. The fourth-order valence-corrected chi connectivity index (χ4v) is 4.35. The molecule has 0 amide bonds. The fraction of sp³-hybridized carbons (Fsp3) is 0.294. The first kappa shape index (κ1) is 20.3. The quantitative estimate of drug-likeness (QED) is 0.772. The largest absolute Gasteiger partial charge is 0.497 e. The number of benzene rings is 2. The topological polar surface area (TPSA) is 99.4 Å². The number of sulfonamides is 1. The van der Waals surface area contributed by atoms with Crippen molar-refractivity contribution in [1.29, 1.82) is 0 Å². The molecule has 0 bridgehead atoms. The summed E-state index contributed by atoms with van der Waals surface area (Å²) < 4.78 is 37.0. The third-order valence-corrected chi connectivity index (χ3v) is 6.39. The van der Waals surface area contributed by atoms with Crippen molar-refractivity contribution >= 4 is 27.5 Å². The summed E-state index contributed by atoms with van der Waals surface area (Å²) in [5.74, 6) is 0.606. The van der Waals surface area contributed by atoms with Crippen molar-refractivity contribution in [3.8, 4) is 11.5 Å². The third kappa shape index (κ3) is 3.73. The summed E-state index contributed by atoms with van der Waals surface area (Å²) in [5.41, 5.74) is 2.64. The van der Waals surface area contributed by atoms with Crippen LogP contribution in [-0.4, -0.2) is 34.7 Å². The Kier molecular flexibility index (Phi) is 6.35. The van der Waals surface area contributed by atoms with E-state index < -0.39 is 10.0 Å². The van der Waals surface area contributed by atoms with Crippen LogP contribution in [0.4, 0.5) is 5.69 Å². The zero-order valence-electron chi connectivity index (χ0n) is 14.5. The highest BCUT2D eigenvalue weighted by Gasteiger charge is 2.28. The first-order chi connectivity index (χ1) is 12.0. The maximum absolute atomic E-state index is 13.0. The molecule has 0 spiro atoms. The normalized spacial score (nSPS) is 13.3. The first-order valence-electron chi connectivity index (χ1n) is 7.73. The van der Waals surface area contributed by atoms with Crippen LogP contribution in [0.3, 0.4) is 0 Å². The Morgan fingerprint density at radius 3 is 2.54 bits per heavy atom. The molecule has 1 heterocycles. The lowest BCUT2D eigenvalue weighted by atomic mass is 10.0. The van der Waals surface area contributed by atoms with Gasteiger partial charge in [-0.05, 0) is 48.4 Å². The van der Waals surface area contributed by atoms with Crippen molar-refractivity contribution in [3.05, 3.63) is 47.5 Å². The average molecular weight is 401 g/mol. The molecule has 142 valence electrons. The summed E-state index contributed by atoms with van der Waals surface area (Å²) in [6, 6.07) is 9.96. The molecule has 0 atom stereocenters. The van der Waals surface area contributed by atoms with Crippen LogP contribution in [0.5, 0.6) is 11.5 Å². The highest BCUT2D eigenvalue weighted by Crippen LogP contribution is 2.34. The molecular weight excluding hydrogens is 380 g/mol. The molecule has 1 aliphatic heterocycles.